The Morgan fingerprint density at radius 2 is 1.90 bits per heavy atom. The van der Waals surface area contributed by atoms with Crippen LogP contribution in [-0.4, -0.2) is 11.7 Å². The first-order chi connectivity index (χ1) is 9.71. The Labute approximate surface area is 118 Å². The lowest BCUT2D eigenvalue weighted by molar-refractivity contribution is 0.169. The molecule has 0 saturated carbocycles. The van der Waals surface area contributed by atoms with Gasteiger partial charge in [0.2, 0.25) is 0 Å². The molecule has 0 bridgehead atoms. The van der Waals surface area contributed by atoms with Gasteiger partial charge in [0.05, 0.1) is 11.5 Å². The van der Waals surface area contributed by atoms with Crippen molar-refractivity contribution in [2.45, 2.75) is 12.8 Å². The Kier molecular flexibility index (Phi) is 3.08. The number of nitriles is 1. The van der Waals surface area contributed by atoms with Crippen molar-refractivity contribution in [1.29, 1.82) is 5.26 Å². The van der Waals surface area contributed by atoms with Crippen LogP contribution in [-0.2, 0) is 12.8 Å². The molecule has 1 unspecified atom stereocenters. The van der Waals surface area contributed by atoms with Crippen molar-refractivity contribution in [1.82, 2.24) is 0 Å². The largest absolute Gasteiger partial charge is 0.508 e. The normalized spacial score (nSPS) is 20.6. The molecule has 1 heterocycles. The van der Waals surface area contributed by atoms with Gasteiger partial charge in [0.25, 0.3) is 0 Å². The SMILES string of the molecule is N#CC1(Cc2ccc(O)cc2)COc2ccccc2C1. The predicted molar refractivity (Wildman–Crippen MR) is 75.5 cm³/mol. The third-order valence-corrected chi connectivity index (χ3v) is 3.72. The van der Waals surface area contributed by atoms with E-state index in [-0.39, 0.29) is 5.75 Å². The molecule has 2 aromatic carbocycles. The van der Waals surface area contributed by atoms with Crippen LogP contribution in [0.1, 0.15) is 11.1 Å². The van der Waals surface area contributed by atoms with Crippen molar-refractivity contribution < 1.29 is 9.84 Å². The summed E-state index contributed by atoms with van der Waals surface area (Å²) in [5.74, 6) is 1.12. The van der Waals surface area contributed by atoms with Crippen LogP contribution in [0, 0.1) is 16.7 Å². The minimum Gasteiger partial charge on any atom is -0.508 e. The molecule has 0 aromatic heterocycles. The highest BCUT2D eigenvalue weighted by Crippen LogP contribution is 2.36. The number of ether oxygens (including phenoxy) is 1. The van der Waals surface area contributed by atoms with Crippen LogP contribution in [0.15, 0.2) is 48.5 Å². The molecular formula is C17H15NO2. The fourth-order valence-electron chi connectivity index (χ4n) is 2.65. The second-order valence-electron chi connectivity index (χ2n) is 5.31. The van der Waals surface area contributed by atoms with Gasteiger partial charge >= 0.3 is 0 Å². The van der Waals surface area contributed by atoms with Crippen LogP contribution in [0.4, 0.5) is 0 Å². The number of aromatic hydroxyl groups is 1. The van der Waals surface area contributed by atoms with Crippen molar-refractivity contribution in [3.05, 3.63) is 59.7 Å². The lowest BCUT2D eigenvalue weighted by Gasteiger charge is -2.32. The summed E-state index contributed by atoms with van der Waals surface area (Å²) in [5.41, 5.74) is 1.58. The van der Waals surface area contributed by atoms with E-state index in [1.165, 1.54) is 0 Å². The molecule has 20 heavy (non-hydrogen) atoms. The van der Waals surface area contributed by atoms with Crippen LogP contribution in [0.25, 0.3) is 0 Å². The Morgan fingerprint density at radius 3 is 2.65 bits per heavy atom. The third kappa shape index (κ3) is 2.33. The van der Waals surface area contributed by atoms with Gasteiger partial charge in [-0.3, -0.25) is 0 Å². The van der Waals surface area contributed by atoms with Crippen molar-refractivity contribution in [2.75, 3.05) is 6.61 Å². The van der Waals surface area contributed by atoms with E-state index in [1.54, 1.807) is 12.1 Å². The lowest BCUT2D eigenvalue weighted by Crippen LogP contribution is -2.35. The molecule has 0 aliphatic carbocycles. The standard InChI is InChI=1S/C17H15NO2/c18-11-17(9-13-5-7-15(19)8-6-13)10-14-3-1-2-4-16(14)20-12-17/h1-8,19H,9-10,12H2. The van der Waals surface area contributed by atoms with E-state index in [9.17, 15) is 10.4 Å². The smallest absolute Gasteiger partial charge is 0.122 e. The van der Waals surface area contributed by atoms with Crippen molar-refractivity contribution in [3.8, 4) is 17.6 Å². The predicted octanol–water partition coefficient (Wildman–Crippen LogP) is 3.08. The number of benzene rings is 2. The number of hydrogen-bond acceptors (Lipinski definition) is 3. The second kappa shape index (κ2) is 4.90. The summed E-state index contributed by atoms with van der Waals surface area (Å²) in [6.07, 6.45) is 1.32. The third-order valence-electron chi connectivity index (χ3n) is 3.72. The molecular weight excluding hydrogens is 250 g/mol. The van der Waals surface area contributed by atoms with Crippen LogP contribution < -0.4 is 4.74 Å². The summed E-state index contributed by atoms with van der Waals surface area (Å²) < 4.78 is 5.75. The summed E-state index contributed by atoms with van der Waals surface area (Å²) >= 11 is 0. The van der Waals surface area contributed by atoms with Crippen molar-refractivity contribution >= 4 is 0 Å². The monoisotopic (exact) mass is 265 g/mol. The molecule has 0 saturated heterocycles. The van der Waals surface area contributed by atoms with Gasteiger partial charge in [-0.15, -0.1) is 0 Å². The maximum absolute atomic E-state index is 9.60. The maximum Gasteiger partial charge on any atom is 0.122 e. The van der Waals surface area contributed by atoms with Crippen molar-refractivity contribution in [3.63, 3.8) is 0 Å². The first-order valence-corrected chi connectivity index (χ1v) is 6.61. The highest BCUT2D eigenvalue weighted by atomic mass is 16.5. The molecule has 1 aliphatic rings. The second-order valence-corrected chi connectivity index (χ2v) is 5.31. The lowest BCUT2D eigenvalue weighted by atomic mass is 9.77. The van der Waals surface area contributed by atoms with Crippen molar-refractivity contribution in [2.24, 2.45) is 5.41 Å². The highest BCUT2D eigenvalue weighted by Gasteiger charge is 2.36. The zero-order valence-corrected chi connectivity index (χ0v) is 11.0. The van der Waals surface area contributed by atoms with Gasteiger partial charge < -0.3 is 9.84 Å². The highest BCUT2D eigenvalue weighted by molar-refractivity contribution is 5.38. The molecule has 3 heteroatoms. The zero-order valence-electron chi connectivity index (χ0n) is 11.0. The van der Waals surface area contributed by atoms with Gasteiger partial charge in [0.15, 0.2) is 0 Å². The van der Waals surface area contributed by atoms with Gasteiger partial charge in [0.1, 0.15) is 18.1 Å². The molecule has 0 radical (unpaired) electrons. The van der Waals surface area contributed by atoms with E-state index >= 15 is 0 Å². The Morgan fingerprint density at radius 1 is 1.15 bits per heavy atom. The fourth-order valence-corrected chi connectivity index (χ4v) is 2.65. The molecule has 0 spiro atoms. The number of hydrogen-bond donors (Lipinski definition) is 1. The summed E-state index contributed by atoms with van der Waals surface area (Å²) in [5, 5.41) is 18.9. The van der Waals surface area contributed by atoms with Gasteiger partial charge in [-0.1, -0.05) is 30.3 Å². The first-order valence-electron chi connectivity index (χ1n) is 6.61. The van der Waals surface area contributed by atoms with Gasteiger partial charge in [-0.25, -0.2) is 0 Å². The maximum atomic E-state index is 9.60. The molecule has 1 N–H and O–H groups in total. The number of nitrogens with zero attached hydrogens (tertiary/aromatic N) is 1. The summed E-state index contributed by atoms with van der Waals surface area (Å²) in [7, 11) is 0. The van der Waals surface area contributed by atoms with E-state index in [0.29, 0.717) is 19.4 Å². The Balaban J connectivity index is 1.87. The fraction of sp³-hybridized carbons (Fsp3) is 0.235. The molecule has 1 aliphatic heterocycles. The number of phenolic OH excluding ortho intramolecular Hbond substituents is 1. The number of rotatable bonds is 2. The van der Waals surface area contributed by atoms with E-state index in [2.05, 4.69) is 6.07 Å². The molecule has 3 rings (SSSR count). The topological polar surface area (TPSA) is 53.2 Å². The Hall–Kier alpha value is -2.47. The average Bonchev–Trinajstić information content (AvgIpc) is 2.49. The van der Waals surface area contributed by atoms with Crippen LogP contribution in [0.5, 0.6) is 11.5 Å². The molecule has 3 nitrogen and oxygen atoms in total. The number of phenols is 1. The van der Waals surface area contributed by atoms with E-state index in [4.69, 9.17) is 4.74 Å². The molecule has 0 fully saturated rings. The van der Waals surface area contributed by atoms with Crippen LogP contribution >= 0.6 is 0 Å². The minimum absolute atomic E-state index is 0.241. The van der Waals surface area contributed by atoms with E-state index < -0.39 is 5.41 Å². The number of fused-ring (bicyclic) bond motifs is 1. The van der Waals surface area contributed by atoms with Crippen LogP contribution in [0.2, 0.25) is 0 Å². The van der Waals surface area contributed by atoms with Gasteiger partial charge in [0, 0.05) is 0 Å². The van der Waals surface area contributed by atoms with Gasteiger partial charge in [-0.2, -0.15) is 5.26 Å². The van der Waals surface area contributed by atoms with Crippen LogP contribution in [0.3, 0.4) is 0 Å². The molecule has 2 aromatic rings. The zero-order chi connectivity index (χ0) is 14.0. The Bertz CT molecular complexity index is 657. The van der Waals surface area contributed by atoms with E-state index in [1.807, 2.05) is 36.4 Å². The van der Waals surface area contributed by atoms with Gasteiger partial charge in [-0.05, 0) is 42.2 Å². The average molecular weight is 265 g/mol. The van der Waals surface area contributed by atoms with E-state index in [0.717, 1.165) is 16.9 Å². The molecule has 1 atom stereocenters. The summed E-state index contributed by atoms with van der Waals surface area (Å²) in [6, 6.07) is 17.3. The first kappa shape index (κ1) is 12.6. The summed E-state index contributed by atoms with van der Waals surface area (Å²) in [6.45, 7) is 0.404. The quantitative estimate of drug-likeness (QED) is 0.907. The molecule has 100 valence electrons. The number of para-hydroxylation sites is 1. The minimum atomic E-state index is -0.536. The molecule has 0 amide bonds. The summed E-state index contributed by atoms with van der Waals surface area (Å²) in [4.78, 5) is 0.